The molecule has 0 radical (unpaired) electrons. The minimum atomic E-state index is -0.838. The van der Waals surface area contributed by atoms with E-state index in [1.165, 1.54) is 0 Å². The van der Waals surface area contributed by atoms with Crippen LogP contribution in [0.1, 0.15) is 30.1 Å². The van der Waals surface area contributed by atoms with E-state index in [4.69, 9.17) is 4.74 Å². The maximum atomic E-state index is 12.6. The van der Waals surface area contributed by atoms with Crippen molar-refractivity contribution in [2.45, 2.75) is 25.4 Å². The maximum absolute atomic E-state index is 12.6. The van der Waals surface area contributed by atoms with Gasteiger partial charge in [0, 0.05) is 51.9 Å². The maximum Gasteiger partial charge on any atom is 0.255 e. The number of ether oxygens (including phenoxy) is 1. The van der Waals surface area contributed by atoms with E-state index in [0.717, 1.165) is 12.2 Å². The lowest BCUT2D eigenvalue weighted by Crippen LogP contribution is -2.47. The van der Waals surface area contributed by atoms with Crippen molar-refractivity contribution < 1.29 is 14.6 Å². The van der Waals surface area contributed by atoms with Crippen LogP contribution in [0, 0.1) is 0 Å². The van der Waals surface area contributed by atoms with Crippen molar-refractivity contribution >= 4 is 11.6 Å². The summed E-state index contributed by atoms with van der Waals surface area (Å²) in [6.07, 6.45) is 1.14. The Labute approximate surface area is 125 Å². The second kappa shape index (κ2) is 6.91. The molecule has 116 valence electrons. The Morgan fingerprint density at radius 1 is 1.38 bits per heavy atom. The fraction of sp³-hybridized carbons (Fsp3) is 0.562. The molecule has 1 saturated heterocycles. The zero-order valence-electron chi connectivity index (χ0n) is 12.8. The Morgan fingerprint density at radius 3 is 2.71 bits per heavy atom. The Kier molecular flexibility index (Phi) is 5.20. The molecule has 0 aromatic heterocycles. The van der Waals surface area contributed by atoms with Gasteiger partial charge in [-0.25, -0.2) is 0 Å². The highest BCUT2D eigenvalue weighted by atomic mass is 16.5. The first-order valence-electron chi connectivity index (χ1n) is 7.44. The van der Waals surface area contributed by atoms with E-state index >= 15 is 0 Å². The number of anilines is 1. The fourth-order valence-electron chi connectivity index (χ4n) is 2.64. The number of nitrogens with one attached hydrogen (secondary N) is 1. The van der Waals surface area contributed by atoms with Gasteiger partial charge in [0.15, 0.2) is 0 Å². The number of para-hydroxylation sites is 1. The Morgan fingerprint density at radius 2 is 2.05 bits per heavy atom. The second-order valence-corrected chi connectivity index (χ2v) is 5.57. The van der Waals surface area contributed by atoms with Crippen LogP contribution in [0.2, 0.25) is 0 Å². The molecule has 0 atom stereocenters. The van der Waals surface area contributed by atoms with Crippen LogP contribution in [0.5, 0.6) is 0 Å². The average molecular weight is 292 g/mol. The number of hydrogen-bond acceptors (Lipinski definition) is 4. The van der Waals surface area contributed by atoms with Gasteiger partial charge in [-0.2, -0.15) is 0 Å². The van der Waals surface area contributed by atoms with E-state index in [1.54, 1.807) is 11.9 Å². The highest BCUT2D eigenvalue weighted by Crippen LogP contribution is 2.23. The summed E-state index contributed by atoms with van der Waals surface area (Å²) < 4.78 is 5.27. The third-order valence-electron chi connectivity index (χ3n) is 3.83. The molecule has 1 fully saturated rings. The molecule has 1 aliphatic heterocycles. The molecule has 5 nitrogen and oxygen atoms in total. The van der Waals surface area contributed by atoms with Crippen molar-refractivity contribution in [3.63, 3.8) is 0 Å². The molecule has 0 bridgehead atoms. The van der Waals surface area contributed by atoms with Crippen LogP contribution in [-0.4, -0.2) is 54.9 Å². The molecule has 5 heteroatoms. The van der Waals surface area contributed by atoms with Crippen LogP contribution in [-0.2, 0) is 4.74 Å². The molecule has 2 N–H and O–H groups in total. The molecule has 0 saturated carbocycles. The monoisotopic (exact) mass is 292 g/mol. The normalized spacial score (nSPS) is 17.3. The lowest BCUT2D eigenvalue weighted by molar-refractivity contribution is -0.0734. The molecule has 2 rings (SSSR count). The summed E-state index contributed by atoms with van der Waals surface area (Å²) in [5.74, 6) is -0.0773. The lowest BCUT2D eigenvalue weighted by atomic mass is 9.93. The van der Waals surface area contributed by atoms with Crippen molar-refractivity contribution in [3.05, 3.63) is 29.8 Å². The summed E-state index contributed by atoms with van der Waals surface area (Å²) in [5.41, 5.74) is 0.629. The van der Waals surface area contributed by atoms with Crippen molar-refractivity contribution in [1.29, 1.82) is 0 Å². The van der Waals surface area contributed by atoms with Gasteiger partial charge in [-0.1, -0.05) is 12.1 Å². The minimum Gasteiger partial charge on any atom is -0.388 e. The number of nitrogens with zero attached hydrogens (tertiary/aromatic N) is 1. The van der Waals surface area contributed by atoms with Crippen molar-refractivity contribution in [2.24, 2.45) is 0 Å². The third kappa shape index (κ3) is 3.95. The number of rotatable bonds is 5. The molecule has 1 amide bonds. The molecule has 0 spiro atoms. The van der Waals surface area contributed by atoms with Gasteiger partial charge in [-0.15, -0.1) is 0 Å². The minimum absolute atomic E-state index is 0.0773. The topological polar surface area (TPSA) is 61.8 Å². The van der Waals surface area contributed by atoms with Gasteiger partial charge in [0.2, 0.25) is 0 Å². The molecule has 1 aliphatic rings. The van der Waals surface area contributed by atoms with Gasteiger partial charge in [-0.3, -0.25) is 4.79 Å². The first kappa shape index (κ1) is 15.8. The van der Waals surface area contributed by atoms with E-state index < -0.39 is 5.60 Å². The van der Waals surface area contributed by atoms with Crippen LogP contribution in [0.25, 0.3) is 0 Å². The van der Waals surface area contributed by atoms with Gasteiger partial charge < -0.3 is 20.1 Å². The van der Waals surface area contributed by atoms with E-state index in [-0.39, 0.29) is 5.91 Å². The molecular weight excluding hydrogens is 268 g/mol. The van der Waals surface area contributed by atoms with Crippen LogP contribution in [0.3, 0.4) is 0 Å². The summed E-state index contributed by atoms with van der Waals surface area (Å²) in [4.78, 5) is 14.2. The number of aliphatic hydroxyl groups is 1. The van der Waals surface area contributed by atoms with Gasteiger partial charge in [0.1, 0.15) is 0 Å². The molecule has 1 aromatic rings. The molecular formula is C16H24N2O3. The van der Waals surface area contributed by atoms with Crippen molar-refractivity contribution in [1.82, 2.24) is 4.90 Å². The summed E-state index contributed by atoms with van der Waals surface area (Å²) in [6, 6.07) is 7.46. The van der Waals surface area contributed by atoms with E-state index in [1.807, 2.05) is 31.2 Å². The largest absolute Gasteiger partial charge is 0.388 e. The van der Waals surface area contributed by atoms with Crippen molar-refractivity contribution in [3.8, 4) is 0 Å². The highest BCUT2D eigenvalue weighted by Gasteiger charge is 2.32. The van der Waals surface area contributed by atoms with Crippen LogP contribution < -0.4 is 5.32 Å². The zero-order chi connectivity index (χ0) is 15.3. The van der Waals surface area contributed by atoms with Gasteiger partial charge in [0.05, 0.1) is 11.2 Å². The highest BCUT2D eigenvalue weighted by molar-refractivity contribution is 5.99. The number of amides is 1. The zero-order valence-corrected chi connectivity index (χ0v) is 12.8. The average Bonchev–Trinajstić information content (AvgIpc) is 2.47. The van der Waals surface area contributed by atoms with Crippen LogP contribution in [0.15, 0.2) is 24.3 Å². The van der Waals surface area contributed by atoms with E-state index in [0.29, 0.717) is 38.2 Å². The first-order chi connectivity index (χ1) is 10.1. The Hall–Kier alpha value is -1.59. The fourth-order valence-corrected chi connectivity index (χ4v) is 2.64. The summed E-state index contributed by atoms with van der Waals surface area (Å²) in [6.45, 7) is 4.18. The van der Waals surface area contributed by atoms with E-state index in [9.17, 15) is 9.90 Å². The molecule has 1 heterocycles. The molecule has 0 aliphatic carbocycles. The van der Waals surface area contributed by atoms with Gasteiger partial charge >= 0.3 is 0 Å². The predicted molar refractivity (Wildman–Crippen MR) is 82.6 cm³/mol. The third-order valence-corrected chi connectivity index (χ3v) is 3.83. The summed E-state index contributed by atoms with van der Waals surface area (Å²) >= 11 is 0. The number of carbonyl (C=O) groups excluding carboxylic acids is 1. The van der Waals surface area contributed by atoms with Crippen LogP contribution in [0.4, 0.5) is 5.69 Å². The second-order valence-electron chi connectivity index (χ2n) is 5.57. The van der Waals surface area contributed by atoms with Gasteiger partial charge in [0.25, 0.3) is 5.91 Å². The molecule has 21 heavy (non-hydrogen) atoms. The van der Waals surface area contributed by atoms with Crippen LogP contribution >= 0.6 is 0 Å². The smallest absolute Gasteiger partial charge is 0.255 e. The molecule has 0 unspecified atom stereocenters. The Bertz CT molecular complexity index is 484. The quantitative estimate of drug-likeness (QED) is 0.867. The summed E-state index contributed by atoms with van der Waals surface area (Å²) in [5, 5.41) is 13.7. The molecule has 1 aromatic carbocycles. The number of likely N-dealkylation sites (N-methyl/N-ethyl adjacent to an activating group) is 1. The van der Waals surface area contributed by atoms with E-state index in [2.05, 4.69) is 5.32 Å². The first-order valence-corrected chi connectivity index (χ1v) is 7.44. The predicted octanol–water partition coefficient (Wildman–Crippen LogP) is 1.73. The number of hydrogen-bond donors (Lipinski definition) is 2. The van der Waals surface area contributed by atoms with Crippen molar-refractivity contribution in [2.75, 3.05) is 38.7 Å². The van der Waals surface area contributed by atoms with Gasteiger partial charge in [-0.05, 0) is 19.1 Å². The number of carbonyl (C=O) groups is 1. The SMILES string of the molecule is CCNc1ccccc1C(=O)N(C)CC1(O)CCOCC1. The standard InChI is InChI=1S/C16H24N2O3/c1-3-17-14-7-5-4-6-13(14)15(19)18(2)12-16(20)8-10-21-11-9-16/h4-7,17,20H,3,8-12H2,1-2H3. The summed E-state index contributed by atoms with van der Waals surface area (Å²) in [7, 11) is 1.73. The Balaban J connectivity index is 2.08. The number of benzene rings is 1. The lowest BCUT2D eigenvalue weighted by Gasteiger charge is -2.35.